The zero-order chi connectivity index (χ0) is 12.0. The summed E-state index contributed by atoms with van der Waals surface area (Å²) >= 11 is 0. The summed E-state index contributed by atoms with van der Waals surface area (Å²) in [6, 6.07) is 0. The zero-order valence-corrected chi connectivity index (χ0v) is 10.3. The number of carbonyl (C=O) groups excluding carboxylic acids is 1. The number of ether oxygens (including phenoxy) is 1. The number of hydrogen-bond acceptors (Lipinski definition) is 5. The van der Waals surface area contributed by atoms with Gasteiger partial charge in [-0.1, -0.05) is 0 Å². The van der Waals surface area contributed by atoms with Crippen molar-refractivity contribution in [3.8, 4) is 0 Å². The van der Waals surface area contributed by atoms with E-state index in [0.717, 1.165) is 6.26 Å². The van der Waals surface area contributed by atoms with E-state index >= 15 is 0 Å². The highest BCUT2D eigenvalue weighted by Crippen LogP contribution is 2.73. The SMILES string of the molecule is CCOC(=O)C12CC(COS(C)(=O)=O)(C1)C2. The molecule has 3 aliphatic carbocycles. The summed E-state index contributed by atoms with van der Waals surface area (Å²) in [6.07, 6.45) is 3.15. The Kier molecular flexibility index (Phi) is 2.54. The Morgan fingerprint density at radius 1 is 1.31 bits per heavy atom. The van der Waals surface area contributed by atoms with Crippen LogP contribution in [0, 0.1) is 10.8 Å². The molecule has 3 aliphatic rings. The van der Waals surface area contributed by atoms with Crippen molar-refractivity contribution >= 4 is 16.1 Å². The van der Waals surface area contributed by atoms with Crippen molar-refractivity contribution < 1.29 is 22.1 Å². The van der Waals surface area contributed by atoms with Gasteiger partial charge in [0.15, 0.2) is 0 Å². The van der Waals surface area contributed by atoms with Gasteiger partial charge in [-0.2, -0.15) is 8.42 Å². The maximum atomic E-state index is 11.5. The lowest BCUT2D eigenvalue weighted by Gasteiger charge is -2.68. The molecule has 0 aromatic heterocycles. The van der Waals surface area contributed by atoms with Crippen molar-refractivity contribution in [2.75, 3.05) is 19.5 Å². The molecule has 3 fully saturated rings. The van der Waals surface area contributed by atoms with Crippen LogP contribution in [0.1, 0.15) is 26.2 Å². The molecule has 0 atom stereocenters. The highest BCUT2D eigenvalue weighted by atomic mass is 32.2. The maximum absolute atomic E-state index is 11.5. The van der Waals surface area contributed by atoms with E-state index in [4.69, 9.17) is 8.92 Å². The summed E-state index contributed by atoms with van der Waals surface area (Å²) in [6.45, 7) is 2.38. The summed E-state index contributed by atoms with van der Waals surface area (Å²) in [5, 5.41) is 0. The lowest BCUT2D eigenvalue weighted by atomic mass is 9.35. The molecule has 3 rings (SSSR count). The standard InChI is InChI=1S/C10H16O5S/c1-3-14-8(11)10-4-9(5-10,6-10)7-15-16(2,12)13/h3-7H2,1-2H3. The van der Waals surface area contributed by atoms with Gasteiger partial charge in [0.25, 0.3) is 10.1 Å². The second-order valence-electron chi connectivity index (χ2n) is 5.00. The van der Waals surface area contributed by atoms with Crippen molar-refractivity contribution in [1.82, 2.24) is 0 Å². The minimum atomic E-state index is -3.38. The molecule has 0 spiro atoms. The predicted molar refractivity (Wildman–Crippen MR) is 56.1 cm³/mol. The molecule has 2 bridgehead atoms. The lowest BCUT2D eigenvalue weighted by molar-refractivity contribution is -0.235. The average Bonchev–Trinajstić information content (AvgIpc) is 1.97. The first-order valence-corrected chi connectivity index (χ1v) is 7.14. The third-order valence-electron chi connectivity index (χ3n) is 3.43. The Morgan fingerprint density at radius 3 is 2.31 bits per heavy atom. The Balaban J connectivity index is 1.83. The van der Waals surface area contributed by atoms with E-state index in [9.17, 15) is 13.2 Å². The Bertz CT molecular complexity index is 391. The zero-order valence-electron chi connectivity index (χ0n) is 9.49. The summed E-state index contributed by atoms with van der Waals surface area (Å²) in [7, 11) is -3.38. The van der Waals surface area contributed by atoms with Crippen molar-refractivity contribution in [3.63, 3.8) is 0 Å². The topological polar surface area (TPSA) is 69.7 Å². The number of rotatable bonds is 5. The van der Waals surface area contributed by atoms with Gasteiger partial charge in [-0.25, -0.2) is 0 Å². The van der Waals surface area contributed by atoms with Gasteiger partial charge in [-0.15, -0.1) is 0 Å². The van der Waals surface area contributed by atoms with E-state index < -0.39 is 10.1 Å². The molecule has 0 heterocycles. The minimum absolute atomic E-state index is 0.0875. The highest BCUT2D eigenvalue weighted by molar-refractivity contribution is 7.85. The highest BCUT2D eigenvalue weighted by Gasteiger charge is 2.72. The Morgan fingerprint density at radius 2 is 1.88 bits per heavy atom. The van der Waals surface area contributed by atoms with Crippen molar-refractivity contribution in [2.24, 2.45) is 10.8 Å². The molecule has 0 unspecified atom stereocenters. The van der Waals surface area contributed by atoms with E-state index in [1.54, 1.807) is 6.92 Å². The number of hydrogen-bond donors (Lipinski definition) is 0. The van der Waals surface area contributed by atoms with Crippen LogP contribution in [0.3, 0.4) is 0 Å². The molecule has 6 heteroatoms. The molecule has 0 amide bonds. The van der Waals surface area contributed by atoms with Crippen LogP contribution >= 0.6 is 0 Å². The fourth-order valence-electron chi connectivity index (χ4n) is 2.88. The molecule has 16 heavy (non-hydrogen) atoms. The quantitative estimate of drug-likeness (QED) is 0.529. The van der Waals surface area contributed by atoms with Crippen LogP contribution < -0.4 is 0 Å². The van der Waals surface area contributed by atoms with Crippen LogP contribution in [-0.2, 0) is 23.8 Å². The molecule has 0 radical (unpaired) electrons. The van der Waals surface area contributed by atoms with Crippen LogP contribution in [0.5, 0.6) is 0 Å². The van der Waals surface area contributed by atoms with Crippen LogP contribution in [0.4, 0.5) is 0 Å². The summed E-state index contributed by atoms with van der Waals surface area (Å²) in [5.41, 5.74) is -0.410. The normalized spacial score (nSPS) is 36.1. The van der Waals surface area contributed by atoms with Crippen LogP contribution in [0.2, 0.25) is 0 Å². The Labute approximate surface area is 95.2 Å². The maximum Gasteiger partial charge on any atom is 0.312 e. The Hall–Kier alpha value is -0.620. The molecular weight excluding hydrogens is 232 g/mol. The molecular formula is C10H16O5S. The van der Waals surface area contributed by atoms with Gasteiger partial charge in [0, 0.05) is 0 Å². The van der Waals surface area contributed by atoms with E-state index in [1.165, 1.54) is 0 Å². The van der Waals surface area contributed by atoms with Gasteiger partial charge < -0.3 is 4.74 Å². The first kappa shape index (κ1) is 11.9. The molecule has 0 aromatic rings. The second kappa shape index (κ2) is 3.43. The fourth-order valence-corrected chi connectivity index (χ4v) is 3.35. The van der Waals surface area contributed by atoms with E-state index in [0.29, 0.717) is 25.9 Å². The third kappa shape index (κ3) is 1.84. The van der Waals surface area contributed by atoms with Crippen LogP contribution in [0.15, 0.2) is 0 Å². The van der Waals surface area contributed by atoms with E-state index in [2.05, 4.69) is 0 Å². The summed E-state index contributed by atoms with van der Waals surface area (Å²) in [5.74, 6) is -0.142. The molecule has 5 nitrogen and oxygen atoms in total. The summed E-state index contributed by atoms with van der Waals surface area (Å²) in [4.78, 5) is 11.5. The second-order valence-corrected chi connectivity index (χ2v) is 6.64. The van der Waals surface area contributed by atoms with Gasteiger partial charge in [0.05, 0.1) is 24.9 Å². The van der Waals surface area contributed by atoms with Crippen LogP contribution in [0.25, 0.3) is 0 Å². The lowest BCUT2D eigenvalue weighted by Crippen LogP contribution is -2.67. The largest absolute Gasteiger partial charge is 0.466 e. The minimum Gasteiger partial charge on any atom is -0.466 e. The predicted octanol–water partition coefficient (Wildman–Crippen LogP) is 0.696. The fraction of sp³-hybridized carbons (Fsp3) is 0.900. The van der Waals surface area contributed by atoms with Gasteiger partial charge in [0.2, 0.25) is 0 Å². The van der Waals surface area contributed by atoms with Gasteiger partial charge in [-0.3, -0.25) is 8.98 Å². The van der Waals surface area contributed by atoms with Gasteiger partial charge in [0.1, 0.15) is 0 Å². The van der Waals surface area contributed by atoms with Gasteiger partial charge in [-0.05, 0) is 31.6 Å². The molecule has 0 aromatic carbocycles. The third-order valence-corrected chi connectivity index (χ3v) is 3.97. The molecule has 92 valence electrons. The van der Waals surface area contributed by atoms with Crippen molar-refractivity contribution in [1.29, 1.82) is 0 Å². The van der Waals surface area contributed by atoms with E-state index in [-0.39, 0.29) is 23.4 Å². The molecule has 0 N–H and O–H groups in total. The van der Waals surface area contributed by atoms with Crippen LogP contribution in [-0.4, -0.2) is 33.9 Å². The van der Waals surface area contributed by atoms with Crippen molar-refractivity contribution in [2.45, 2.75) is 26.2 Å². The van der Waals surface area contributed by atoms with Crippen molar-refractivity contribution in [3.05, 3.63) is 0 Å². The first-order chi connectivity index (χ1) is 7.31. The first-order valence-electron chi connectivity index (χ1n) is 5.33. The smallest absolute Gasteiger partial charge is 0.312 e. The molecule has 3 saturated carbocycles. The van der Waals surface area contributed by atoms with Gasteiger partial charge >= 0.3 is 5.97 Å². The molecule has 0 aliphatic heterocycles. The number of esters is 1. The number of carbonyl (C=O) groups is 1. The summed E-state index contributed by atoms with van der Waals surface area (Å²) < 4.78 is 31.4. The van der Waals surface area contributed by atoms with E-state index in [1.807, 2.05) is 0 Å². The molecule has 0 saturated heterocycles. The average molecular weight is 248 g/mol. The monoisotopic (exact) mass is 248 g/mol.